The number of alkyl halides is 1. The third-order valence-electron chi connectivity index (χ3n) is 1.92. The van der Waals surface area contributed by atoms with Crippen LogP contribution in [-0.4, -0.2) is 11.9 Å². The Kier molecular flexibility index (Phi) is 5.53. The Hall–Kier alpha value is -0.0500. The van der Waals surface area contributed by atoms with Gasteiger partial charge in [0.1, 0.15) is 0 Å². The molecule has 0 N–H and O–H groups in total. The van der Waals surface area contributed by atoms with E-state index in [1.165, 1.54) is 0 Å². The average Bonchev–Trinajstić information content (AvgIpc) is 2.21. The normalized spacial score (nSPS) is 12.8. The van der Waals surface area contributed by atoms with E-state index in [2.05, 4.69) is 22.9 Å². The molecule has 0 saturated carbocycles. The van der Waals surface area contributed by atoms with E-state index in [9.17, 15) is 0 Å². The van der Waals surface area contributed by atoms with Crippen molar-refractivity contribution in [2.24, 2.45) is 0 Å². The number of hydrogen-bond acceptors (Lipinski definition) is 1. The third kappa shape index (κ3) is 3.26. The van der Waals surface area contributed by atoms with Crippen molar-refractivity contribution in [1.82, 2.24) is 0 Å². The highest BCUT2D eigenvalue weighted by Crippen LogP contribution is 2.26. The maximum absolute atomic E-state index is 6.08. The van der Waals surface area contributed by atoms with Crippen molar-refractivity contribution in [2.75, 3.05) is 11.9 Å². The van der Waals surface area contributed by atoms with Gasteiger partial charge in [-0.1, -0.05) is 52.7 Å². The lowest BCUT2D eigenvalue weighted by molar-refractivity contribution is 0.0704. The number of benzene rings is 1. The van der Waals surface area contributed by atoms with E-state index in [0.29, 0.717) is 0 Å². The molecule has 1 aromatic rings. The Labute approximate surface area is 98.5 Å². The third-order valence-corrected chi connectivity index (χ3v) is 2.85. The van der Waals surface area contributed by atoms with Crippen molar-refractivity contribution in [3.8, 4) is 0 Å². The second kappa shape index (κ2) is 6.44. The van der Waals surface area contributed by atoms with Crippen LogP contribution in [0.25, 0.3) is 0 Å². The molecule has 0 amide bonds. The summed E-state index contributed by atoms with van der Waals surface area (Å²) in [4.78, 5) is 0. The summed E-state index contributed by atoms with van der Waals surface area (Å²) in [5, 5.41) is 1.55. The molecule has 0 fully saturated rings. The molecule has 1 unspecified atom stereocenters. The van der Waals surface area contributed by atoms with Crippen molar-refractivity contribution < 1.29 is 4.74 Å². The lowest BCUT2D eigenvalue weighted by atomic mass is 10.1. The SMILES string of the molecule is CCCOC(CBr)c1ccccc1Cl. The Balaban J connectivity index is 2.73. The topological polar surface area (TPSA) is 9.23 Å². The molecule has 0 aliphatic heterocycles. The quantitative estimate of drug-likeness (QED) is 0.733. The van der Waals surface area contributed by atoms with Crippen LogP contribution in [0.2, 0.25) is 5.02 Å². The zero-order valence-corrected chi connectivity index (χ0v) is 10.5. The van der Waals surface area contributed by atoms with Gasteiger partial charge in [-0.15, -0.1) is 0 Å². The Bertz CT molecular complexity index is 278. The first-order valence-corrected chi connectivity index (χ1v) is 6.21. The van der Waals surface area contributed by atoms with Crippen LogP contribution in [0, 0.1) is 0 Å². The molecule has 78 valence electrons. The van der Waals surface area contributed by atoms with Crippen LogP contribution < -0.4 is 0 Å². The van der Waals surface area contributed by atoms with Crippen LogP contribution in [0.4, 0.5) is 0 Å². The molecule has 0 heterocycles. The van der Waals surface area contributed by atoms with Crippen molar-refractivity contribution in [3.63, 3.8) is 0 Å². The predicted molar refractivity (Wildman–Crippen MR) is 64.2 cm³/mol. The zero-order chi connectivity index (χ0) is 10.4. The second-order valence-electron chi connectivity index (χ2n) is 3.04. The molecule has 3 heteroatoms. The molecule has 1 aromatic carbocycles. The lowest BCUT2D eigenvalue weighted by Crippen LogP contribution is -2.07. The largest absolute Gasteiger partial charge is 0.373 e. The Morgan fingerprint density at radius 3 is 2.71 bits per heavy atom. The van der Waals surface area contributed by atoms with Gasteiger partial charge in [0, 0.05) is 22.5 Å². The summed E-state index contributed by atoms with van der Waals surface area (Å²) in [6.45, 7) is 2.86. The van der Waals surface area contributed by atoms with Gasteiger partial charge in [-0.25, -0.2) is 0 Å². The van der Waals surface area contributed by atoms with E-state index >= 15 is 0 Å². The van der Waals surface area contributed by atoms with Crippen molar-refractivity contribution in [1.29, 1.82) is 0 Å². The van der Waals surface area contributed by atoms with Crippen LogP contribution in [0.1, 0.15) is 25.0 Å². The smallest absolute Gasteiger partial charge is 0.0935 e. The van der Waals surface area contributed by atoms with Gasteiger partial charge >= 0.3 is 0 Å². The molecule has 1 atom stereocenters. The summed E-state index contributed by atoms with van der Waals surface area (Å²) in [5.74, 6) is 0. The van der Waals surface area contributed by atoms with Crippen molar-refractivity contribution in [3.05, 3.63) is 34.9 Å². The minimum atomic E-state index is 0.0589. The first-order chi connectivity index (χ1) is 6.79. The number of halogens is 2. The highest BCUT2D eigenvalue weighted by Gasteiger charge is 2.12. The molecule has 0 saturated heterocycles. The van der Waals surface area contributed by atoms with Gasteiger partial charge in [0.2, 0.25) is 0 Å². The minimum absolute atomic E-state index is 0.0589. The summed E-state index contributed by atoms with van der Waals surface area (Å²) < 4.78 is 5.68. The van der Waals surface area contributed by atoms with Crippen molar-refractivity contribution in [2.45, 2.75) is 19.4 Å². The van der Waals surface area contributed by atoms with Crippen LogP contribution in [0.3, 0.4) is 0 Å². The molecule has 1 nitrogen and oxygen atoms in total. The highest BCUT2D eigenvalue weighted by molar-refractivity contribution is 9.09. The van der Waals surface area contributed by atoms with Gasteiger partial charge in [0.05, 0.1) is 6.10 Å². The number of rotatable bonds is 5. The maximum atomic E-state index is 6.08. The second-order valence-corrected chi connectivity index (χ2v) is 4.09. The monoisotopic (exact) mass is 276 g/mol. The van der Waals surface area contributed by atoms with E-state index in [4.69, 9.17) is 16.3 Å². The van der Waals surface area contributed by atoms with E-state index < -0.39 is 0 Å². The first-order valence-electron chi connectivity index (χ1n) is 4.71. The summed E-state index contributed by atoms with van der Waals surface area (Å²) in [7, 11) is 0. The molecule has 0 aliphatic rings. The van der Waals surface area contributed by atoms with Crippen LogP contribution in [0.5, 0.6) is 0 Å². The fourth-order valence-corrected chi connectivity index (χ4v) is 2.01. The number of ether oxygens (including phenoxy) is 1. The van der Waals surface area contributed by atoms with E-state index in [1.54, 1.807) is 0 Å². The molecular formula is C11H14BrClO. The fourth-order valence-electron chi connectivity index (χ4n) is 1.21. The van der Waals surface area contributed by atoms with Gasteiger partial charge in [-0.05, 0) is 12.5 Å². The molecule has 0 aromatic heterocycles. The molecule has 0 radical (unpaired) electrons. The fraction of sp³-hybridized carbons (Fsp3) is 0.455. The summed E-state index contributed by atoms with van der Waals surface area (Å²) in [6.07, 6.45) is 1.08. The number of hydrogen-bond donors (Lipinski definition) is 0. The molecular weight excluding hydrogens is 263 g/mol. The standard InChI is InChI=1S/C11H14BrClO/c1-2-7-14-11(8-12)9-5-3-4-6-10(9)13/h3-6,11H,2,7-8H2,1H3. The van der Waals surface area contributed by atoms with E-state index in [-0.39, 0.29) is 6.10 Å². The average molecular weight is 278 g/mol. The lowest BCUT2D eigenvalue weighted by Gasteiger charge is -2.16. The highest BCUT2D eigenvalue weighted by atomic mass is 79.9. The van der Waals surface area contributed by atoms with E-state index in [1.807, 2.05) is 24.3 Å². The van der Waals surface area contributed by atoms with Gasteiger partial charge in [-0.2, -0.15) is 0 Å². The first kappa shape index (κ1) is 12.0. The Morgan fingerprint density at radius 2 is 2.14 bits per heavy atom. The molecule has 1 rings (SSSR count). The summed E-state index contributed by atoms with van der Waals surface area (Å²) >= 11 is 9.51. The van der Waals surface area contributed by atoms with Gasteiger partial charge in [-0.3, -0.25) is 0 Å². The Morgan fingerprint density at radius 1 is 1.43 bits per heavy atom. The summed E-state index contributed by atoms with van der Waals surface area (Å²) in [5.41, 5.74) is 1.06. The minimum Gasteiger partial charge on any atom is -0.373 e. The van der Waals surface area contributed by atoms with Crippen LogP contribution in [-0.2, 0) is 4.74 Å². The van der Waals surface area contributed by atoms with E-state index in [0.717, 1.165) is 28.9 Å². The van der Waals surface area contributed by atoms with Gasteiger partial charge < -0.3 is 4.74 Å². The zero-order valence-electron chi connectivity index (χ0n) is 8.17. The molecule has 0 aliphatic carbocycles. The van der Waals surface area contributed by atoms with Gasteiger partial charge in [0.15, 0.2) is 0 Å². The molecule has 14 heavy (non-hydrogen) atoms. The summed E-state index contributed by atoms with van der Waals surface area (Å²) in [6, 6.07) is 7.80. The van der Waals surface area contributed by atoms with Crippen molar-refractivity contribution >= 4 is 27.5 Å². The van der Waals surface area contributed by atoms with Crippen LogP contribution >= 0.6 is 27.5 Å². The predicted octanol–water partition coefficient (Wildman–Crippen LogP) is 4.20. The van der Waals surface area contributed by atoms with Crippen LogP contribution in [0.15, 0.2) is 24.3 Å². The molecule has 0 spiro atoms. The molecule has 0 bridgehead atoms. The van der Waals surface area contributed by atoms with Gasteiger partial charge in [0.25, 0.3) is 0 Å². The maximum Gasteiger partial charge on any atom is 0.0935 e.